The molecule has 0 aliphatic carbocycles. The minimum Gasteiger partial charge on any atom is -0.368 e. The molecule has 2 saturated heterocycles. The molecule has 3 heterocycles. The normalized spacial score (nSPS) is 20.0. The molecule has 0 unspecified atom stereocenters. The van der Waals surface area contributed by atoms with E-state index < -0.39 is 0 Å². The number of piperidine rings is 1. The first kappa shape index (κ1) is 25.3. The van der Waals surface area contributed by atoms with Gasteiger partial charge in [-0.05, 0) is 48.2 Å². The predicted octanol–water partition coefficient (Wildman–Crippen LogP) is 4.77. The maximum Gasteiger partial charge on any atom is 0.232 e. The van der Waals surface area contributed by atoms with Gasteiger partial charge in [-0.1, -0.05) is 62.4 Å². The molecule has 2 aliphatic heterocycles. The molecule has 37 heavy (non-hydrogen) atoms. The molecule has 2 aliphatic rings. The van der Waals surface area contributed by atoms with Crippen LogP contribution in [0.5, 0.6) is 0 Å². The van der Waals surface area contributed by atoms with Crippen LogP contribution in [0.25, 0.3) is 0 Å². The van der Waals surface area contributed by atoms with E-state index in [1.807, 2.05) is 18.2 Å². The van der Waals surface area contributed by atoms with Gasteiger partial charge >= 0.3 is 0 Å². The molecule has 2 aromatic carbocycles. The molecular formula is C29H37N7S. The Kier molecular flexibility index (Phi) is 8.04. The van der Waals surface area contributed by atoms with Gasteiger partial charge < -0.3 is 25.3 Å². The largest absolute Gasteiger partial charge is 0.368 e. The average Bonchev–Trinajstić information content (AvgIpc) is 2.92. The number of piperazine rings is 1. The third-order valence-corrected chi connectivity index (χ3v) is 7.38. The summed E-state index contributed by atoms with van der Waals surface area (Å²) in [6, 6.07) is 23.0. The SMILES string of the molecule is C[C@@H]1C[C@H](C)CN(c2cc(N3CCN(c4ccccc4)CC3)nc(NC(=S)NCc3ccccc3)n2)C1. The van der Waals surface area contributed by atoms with E-state index in [1.54, 1.807) is 0 Å². The average molecular weight is 516 g/mol. The van der Waals surface area contributed by atoms with Gasteiger partial charge in [0.1, 0.15) is 11.6 Å². The molecule has 5 rings (SSSR count). The smallest absolute Gasteiger partial charge is 0.232 e. The Bertz CT molecular complexity index is 1160. The summed E-state index contributed by atoms with van der Waals surface area (Å²) in [5, 5.41) is 7.08. The molecule has 0 amide bonds. The Morgan fingerprint density at radius 3 is 2.03 bits per heavy atom. The van der Waals surface area contributed by atoms with Crippen molar-refractivity contribution in [2.24, 2.45) is 11.8 Å². The number of aromatic nitrogens is 2. The molecule has 2 fully saturated rings. The Morgan fingerprint density at radius 2 is 1.38 bits per heavy atom. The van der Waals surface area contributed by atoms with Crippen LogP contribution in [0, 0.1) is 11.8 Å². The first-order chi connectivity index (χ1) is 18.0. The van der Waals surface area contributed by atoms with Gasteiger partial charge in [0.05, 0.1) is 0 Å². The van der Waals surface area contributed by atoms with Crippen molar-refractivity contribution >= 4 is 40.6 Å². The van der Waals surface area contributed by atoms with Crippen molar-refractivity contribution in [3.63, 3.8) is 0 Å². The third-order valence-electron chi connectivity index (χ3n) is 7.14. The Labute approximate surface area is 225 Å². The number of anilines is 4. The molecule has 0 radical (unpaired) electrons. The number of hydrogen-bond acceptors (Lipinski definition) is 6. The van der Waals surface area contributed by atoms with Crippen LogP contribution in [0.15, 0.2) is 66.7 Å². The third kappa shape index (κ3) is 6.68. The summed E-state index contributed by atoms with van der Waals surface area (Å²) in [6.45, 7) is 11.1. The standard InChI is InChI=1S/C29H37N7S/c1-22-17-23(2)21-36(20-22)27-18-26(35-15-13-34(14-16-35)25-11-7-4-8-12-25)31-28(32-27)33-29(37)30-19-24-9-5-3-6-10-24/h3-12,18,22-23H,13-17,19-21H2,1-2H3,(H2,30,31,32,33,37)/t22-,23+. The molecule has 2 N–H and O–H groups in total. The lowest BCUT2D eigenvalue weighted by atomic mass is 9.92. The fourth-order valence-electron chi connectivity index (χ4n) is 5.41. The number of hydrogen-bond donors (Lipinski definition) is 2. The topological polar surface area (TPSA) is 59.6 Å². The Morgan fingerprint density at radius 1 is 0.811 bits per heavy atom. The zero-order valence-corrected chi connectivity index (χ0v) is 22.6. The van der Waals surface area contributed by atoms with Crippen LogP contribution in [-0.2, 0) is 6.54 Å². The molecule has 3 aromatic rings. The number of rotatable bonds is 6. The number of para-hydroxylation sites is 1. The van der Waals surface area contributed by atoms with Crippen LogP contribution in [0.1, 0.15) is 25.8 Å². The summed E-state index contributed by atoms with van der Waals surface area (Å²) >= 11 is 5.61. The molecule has 194 valence electrons. The highest BCUT2D eigenvalue weighted by Crippen LogP contribution is 2.29. The van der Waals surface area contributed by atoms with Crippen molar-refractivity contribution < 1.29 is 0 Å². The fraction of sp³-hybridized carbons (Fsp3) is 0.414. The summed E-state index contributed by atoms with van der Waals surface area (Å²) in [4.78, 5) is 17.1. The molecule has 0 bridgehead atoms. The van der Waals surface area contributed by atoms with Gasteiger partial charge in [0.25, 0.3) is 0 Å². The van der Waals surface area contributed by atoms with E-state index in [-0.39, 0.29) is 0 Å². The van der Waals surface area contributed by atoms with Gasteiger partial charge in [-0.15, -0.1) is 0 Å². The van der Waals surface area contributed by atoms with E-state index in [1.165, 1.54) is 17.7 Å². The van der Waals surface area contributed by atoms with Crippen LogP contribution in [0.2, 0.25) is 0 Å². The quantitative estimate of drug-likeness (QED) is 0.455. The van der Waals surface area contributed by atoms with Crippen molar-refractivity contribution in [1.82, 2.24) is 15.3 Å². The summed E-state index contributed by atoms with van der Waals surface area (Å²) in [5.74, 6) is 3.76. The highest BCUT2D eigenvalue weighted by Gasteiger charge is 2.25. The second-order valence-electron chi connectivity index (χ2n) is 10.4. The molecule has 8 heteroatoms. The fourth-order valence-corrected chi connectivity index (χ4v) is 5.57. The highest BCUT2D eigenvalue weighted by molar-refractivity contribution is 7.80. The molecule has 0 spiro atoms. The monoisotopic (exact) mass is 515 g/mol. The van der Waals surface area contributed by atoms with Crippen molar-refractivity contribution in [2.75, 3.05) is 59.3 Å². The minimum absolute atomic E-state index is 0.529. The van der Waals surface area contributed by atoms with E-state index in [0.717, 1.165) is 50.9 Å². The zero-order valence-electron chi connectivity index (χ0n) is 21.8. The van der Waals surface area contributed by atoms with Crippen LogP contribution >= 0.6 is 12.2 Å². The number of nitrogens with one attached hydrogen (secondary N) is 2. The number of benzene rings is 2. The number of thiocarbonyl (C=S) groups is 1. The van der Waals surface area contributed by atoms with Crippen molar-refractivity contribution in [3.05, 3.63) is 72.3 Å². The lowest BCUT2D eigenvalue weighted by Crippen LogP contribution is -2.47. The maximum absolute atomic E-state index is 5.61. The van der Waals surface area contributed by atoms with Crippen LogP contribution in [0.3, 0.4) is 0 Å². The first-order valence-electron chi connectivity index (χ1n) is 13.3. The van der Waals surface area contributed by atoms with E-state index >= 15 is 0 Å². The lowest BCUT2D eigenvalue weighted by molar-refractivity contribution is 0.355. The summed E-state index contributed by atoms with van der Waals surface area (Å²) in [5.41, 5.74) is 2.45. The maximum atomic E-state index is 5.61. The van der Waals surface area contributed by atoms with E-state index in [4.69, 9.17) is 22.2 Å². The minimum atomic E-state index is 0.529. The zero-order chi connectivity index (χ0) is 25.6. The van der Waals surface area contributed by atoms with Gasteiger partial charge in [0, 0.05) is 57.6 Å². The van der Waals surface area contributed by atoms with E-state index in [2.05, 4.69) is 87.7 Å². The van der Waals surface area contributed by atoms with Gasteiger partial charge in [-0.2, -0.15) is 9.97 Å². The van der Waals surface area contributed by atoms with Gasteiger partial charge in [-0.25, -0.2) is 0 Å². The Balaban J connectivity index is 1.32. The van der Waals surface area contributed by atoms with Crippen molar-refractivity contribution in [3.8, 4) is 0 Å². The molecule has 7 nitrogen and oxygen atoms in total. The van der Waals surface area contributed by atoms with Crippen LogP contribution in [-0.4, -0.2) is 54.3 Å². The first-order valence-corrected chi connectivity index (χ1v) is 13.7. The lowest BCUT2D eigenvalue weighted by Gasteiger charge is -2.38. The molecule has 1 aromatic heterocycles. The Hall–Kier alpha value is -3.39. The second kappa shape index (κ2) is 11.8. The van der Waals surface area contributed by atoms with E-state index in [0.29, 0.717) is 29.4 Å². The molecule has 0 saturated carbocycles. The van der Waals surface area contributed by atoms with Crippen molar-refractivity contribution in [1.29, 1.82) is 0 Å². The molecule has 2 atom stereocenters. The summed E-state index contributed by atoms with van der Waals surface area (Å²) < 4.78 is 0. The van der Waals surface area contributed by atoms with E-state index in [9.17, 15) is 0 Å². The van der Waals surface area contributed by atoms with Gasteiger partial charge in [-0.3, -0.25) is 0 Å². The van der Waals surface area contributed by atoms with Crippen molar-refractivity contribution in [2.45, 2.75) is 26.8 Å². The van der Waals surface area contributed by atoms with Gasteiger partial charge in [0.15, 0.2) is 5.11 Å². The number of nitrogens with zero attached hydrogens (tertiary/aromatic N) is 5. The predicted molar refractivity (Wildman–Crippen MR) is 158 cm³/mol. The summed E-state index contributed by atoms with van der Waals surface area (Å²) in [7, 11) is 0. The molecular weight excluding hydrogens is 478 g/mol. The van der Waals surface area contributed by atoms with Gasteiger partial charge in [0.2, 0.25) is 5.95 Å². The van der Waals surface area contributed by atoms with Crippen LogP contribution in [0.4, 0.5) is 23.3 Å². The second-order valence-corrected chi connectivity index (χ2v) is 10.8. The van der Waals surface area contributed by atoms with Crippen LogP contribution < -0.4 is 25.3 Å². The summed E-state index contributed by atoms with van der Waals surface area (Å²) in [6.07, 6.45) is 1.26. The highest BCUT2D eigenvalue weighted by atomic mass is 32.1.